The third-order valence-corrected chi connectivity index (χ3v) is 6.86. The molecule has 226 valence electrons. The van der Waals surface area contributed by atoms with E-state index in [1.165, 1.54) is 23.3 Å². The number of carbonyl (C=O) groups excluding carboxylic acids is 1. The molecule has 2 aromatic heterocycles. The van der Waals surface area contributed by atoms with Crippen LogP contribution in [0.2, 0.25) is 0 Å². The lowest BCUT2D eigenvalue weighted by Crippen LogP contribution is -2.36. The number of oxazole rings is 1. The second-order valence-corrected chi connectivity index (χ2v) is 11.8. The van der Waals surface area contributed by atoms with Crippen LogP contribution in [-0.2, 0) is 29.0 Å². The molecule has 1 amide bonds. The van der Waals surface area contributed by atoms with Crippen molar-refractivity contribution in [2.75, 3.05) is 4.90 Å². The normalized spacial score (nSPS) is 13.1. The molecule has 0 saturated carbocycles. The molecule has 0 fully saturated rings. The zero-order chi connectivity index (χ0) is 31.0. The summed E-state index contributed by atoms with van der Waals surface area (Å²) < 4.78 is 62.4. The van der Waals surface area contributed by atoms with Gasteiger partial charge >= 0.3 is 11.6 Å². The molecular weight excluding hydrogens is 583 g/mol. The molecule has 1 atom stereocenters. The quantitative estimate of drug-likeness (QED) is 0.175. The Morgan fingerprint density at radius 1 is 1.05 bits per heavy atom. The van der Waals surface area contributed by atoms with Gasteiger partial charge in [0, 0.05) is 24.5 Å². The number of nitrogens with zero attached hydrogens (tertiary/aromatic N) is 5. The summed E-state index contributed by atoms with van der Waals surface area (Å²) in [7, 11) is 0. The molecule has 4 rings (SSSR count). The molecule has 0 aliphatic heterocycles. The van der Waals surface area contributed by atoms with Gasteiger partial charge in [-0.2, -0.15) is 0 Å². The minimum Gasteiger partial charge on any atom is -0.604 e. The maximum Gasteiger partial charge on any atom is 0.578 e. The summed E-state index contributed by atoms with van der Waals surface area (Å²) in [6.07, 6.45) is 12.2. The van der Waals surface area contributed by atoms with Crippen molar-refractivity contribution in [3.8, 4) is 0 Å². The molecule has 1 unspecified atom stereocenters. The number of amides is 1. The number of rotatable bonds is 10. The van der Waals surface area contributed by atoms with Gasteiger partial charge in [0.2, 0.25) is 5.89 Å². The van der Waals surface area contributed by atoms with Crippen LogP contribution in [0.15, 0.2) is 82.6 Å². The molecule has 0 radical (unpaired) electrons. The summed E-state index contributed by atoms with van der Waals surface area (Å²) in [5, 5.41) is 7.72. The molecule has 0 aliphatic carbocycles. The molecule has 0 aliphatic rings. The van der Waals surface area contributed by atoms with Crippen LogP contribution in [0.5, 0.6) is 0 Å². The Kier molecular flexibility index (Phi) is 10.1. The van der Waals surface area contributed by atoms with E-state index in [-0.39, 0.29) is 17.3 Å². The highest BCUT2D eigenvalue weighted by atomic mass is 32.2. The van der Waals surface area contributed by atoms with Crippen molar-refractivity contribution in [3.63, 3.8) is 0 Å². The van der Waals surface area contributed by atoms with Crippen LogP contribution in [0.3, 0.4) is 0 Å². The summed E-state index contributed by atoms with van der Waals surface area (Å²) in [6.45, 7) is 6.12. The molecule has 0 spiro atoms. The highest BCUT2D eigenvalue weighted by molar-refractivity contribution is 7.92. The van der Waals surface area contributed by atoms with Gasteiger partial charge in [0.1, 0.15) is 11.9 Å². The molecular formula is C30H30F3N5O4S. The second-order valence-electron chi connectivity index (χ2n) is 10.3. The number of ether oxygens (including phenoxy) is 1. The fraction of sp³-hybridized carbons (Fsp3) is 0.267. The number of hydrogen-bond donors (Lipinski definition) is 0. The van der Waals surface area contributed by atoms with Crippen molar-refractivity contribution in [1.29, 1.82) is 0 Å². The van der Waals surface area contributed by atoms with Crippen LogP contribution >= 0.6 is 0 Å². The number of halogens is 3. The molecule has 2 heterocycles. The number of anilines is 1. The van der Waals surface area contributed by atoms with Crippen LogP contribution in [0, 0.1) is 0 Å². The van der Waals surface area contributed by atoms with Gasteiger partial charge in [-0.05, 0) is 80.8 Å². The predicted octanol–water partition coefficient (Wildman–Crippen LogP) is 7.11. The molecule has 2 aromatic carbocycles. The third kappa shape index (κ3) is 9.58. The second kappa shape index (κ2) is 13.7. The summed E-state index contributed by atoms with van der Waals surface area (Å²) in [6, 6.07) is 12.6. The van der Waals surface area contributed by atoms with Gasteiger partial charge < -0.3 is 13.7 Å². The highest BCUT2D eigenvalue weighted by Crippen LogP contribution is 2.30. The number of benzene rings is 2. The van der Waals surface area contributed by atoms with Gasteiger partial charge in [0.15, 0.2) is 4.90 Å². The molecule has 0 saturated heterocycles. The van der Waals surface area contributed by atoms with Crippen molar-refractivity contribution >= 4 is 41.2 Å². The van der Waals surface area contributed by atoms with E-state index in [1.54, 1.807) is 50.0 Å². The Balaban J connectivity index is 1.43. The molecule has 4 aromatic rings. The SMILES string of the molecule is CC(C)(C)OC(=O)N(Cc1coc(/C=C/c2ccc([S+]([O-])C(F)(F)F)cc2)n1)c1ccc(/C=C/CCn2ccnn2)cc1. The molecule has 43 heavy (non-hydrogen) atoms. The molecule has 13 heteroatoms. The van der Waals surface area contributed by atoms with Crippen molar-refractivity contribution in [2.24, 2.45) is 0 Å². The zero-order valence-corrected chi connectivity index (χ0v) is 24.5. The Bertz CT molecular complexity index is 1530. The van der Waals surface area contributed by atoms with Gasteiger partial charge in [-0.3, -0.25) is 9.58 Å². The average molecular weight is 614 g/mol. The molecule has 0 N–H and O–H groups in total. The maximum absolute atomic E-state index is 13.1. The number of aromatic nitrogens is 4. The van der Waals surface area contributed by atoms with Crippen LogP contribution < -0.4 is 4.90 Å². The largest absolute Gasteiger partial charge is 0.604 e. The number of aryl methyl sites for hydroxylation is 1. The van der Waals surface area contributed by atoms with Crippen LogP contribution in [0.4, 0.5) is 23.7 Å². The first-order chi connectivity index (χ1) is 20.4. The van der Waals surface area contributed by atoms with Crippen molar-refractivity contribution in [2.45, 2.75) is 56.3 Å². The Labute approximate surface area is 249 Å². The predicted molar refractivity (Wildman–Crippen MR) is 157 cm³/mol. The van der Waals surface area contributed by atoms with E-state index >= 15 is 0 Å². The van der Waals surface area contributed by atoms with E-state index in [9.17, 15) is 22.5 Å². The number of allylic oxidation sites excluding steroid dienone is 1. The van der Waals surface area contributed by atoms with Gasteiger partial charge in [-0.15, -0.1) is 18.3 Å². The minimum absolute atomic E-state index is 0.0668. The topological polar surface area (TPSA) is 109 Å². The third-order valence-electron chi connectivity index (χ3n) is 5.74. The van der Waals surface area contributed by atoms with Gasteiger partial charge in [-0.25, -0.2) is 9.78 Å². The first-order valence-corrected chi connectivity index (χ1v) is 14.3. The number of alkyl halides is 3. The van der Waals surface area contributed by atoms with Crippen LogP contribution in [0.25, 0.3) is 18.2 Å². The van der Waals surface area contributed by atoms with Gasteiger partial charge in [-0.1, -0.05) is 29.5 Å². The smallest absolute Gasteiger partial charge is 0.578 e. The van der Waals surface area contributed by atoms with Gasteiger partial charge in [0.05, 0.1) is 29.6 Å². The van der Waals surface area contributed by atoms with Gasteiger partial charge in [0.25, 0.3) is 0 Å². The molecule has 9 nitrogen and oxygen atoms in total. The number of carbonyl (C=O) groups is 1. The van der Waals surface area contributed by atoms with Crippen molar-refractivity contribution in [1.82, 2.24) is 20.0 Å². The molecule has 0 bridgehead atoms. The Morgan fingerprint density at radius 3 is 2.35 bits per heavy atom. The number of hydrogen-bond acceptors (Lipinski definition) is 7. The first-order valence-electron chi connectivity index (χ1n) is 13.2. The lowest BCUT2D eigenvalue weighted by atomic mass is 10.1. The highest BCUT2D eigenvalue weighted by Gasteiger charge is 2.45. The Morgan fingerprint density at radius 2 is 1.72 bits per heavy atom. The minimum atomic E-state index is -4.82. The van der Waals surface area contributed by atoms with E-state index in [1.807, 2.05) is 36.4 Å². The lowest BCUT2D eigenvalue weighted by Gasteiger charge is -2.27. The maximum atomic E-state index is 13.1. The van der Waals surface area contributed by atoms with E-state index in [0.717, 1.165) is 24.1 Å². The monoisotopic (exact) mass is 613 g/mol. The van der Waals surface area contributed by atoms with Crippen molar-refractivity contribution < 1.29 is 31.7 Å². The fourth-order valence-electron chi connectivity index (χ4n) is 3.76. The van der Waals surface area contributed by atoms with E-state index in [4.69, 9.17) is 9.15 Å². The fourth-order valence-corrected chi connectivity index (χ4v) is 4.41. The van der Waals surface area contributed by atoms with E-state index in [2.05, 4.69) is 15.3 Å². The summed E-state index contributed by atoms with van der Waals surface area (Å²) in [5.41, 5.74) is -2.97. The standard InChI is InChI=1S/C30H30F3N5O4S/c1-29(2,3)42-28(39)38(25-12-7-22(8-13-25)6-4-5-18-37-19-17-34-36-37)20-24-21-41-27(35-24)16-11-23-9-14-26(15-10-23)43(40)30(31,32)33/h4,6-17,19,21H,5,18,20H2,1-3H3/b6-4+,16-11+. The summed E-state index contributed by atoms with van der Waals surface area (Å²) in [4.78, 5) is 18.7. The zero-order valence-electron chi connectivity index (χ0n) is 23.7. The van der Waals surface area contributed by atoms with E-state index in [0.29, 0.717) is 23.5 Å². The average Bonchev–Trinajstić information content (AvgIpc) is 3.64. The summed E-state index contributed by atoms with van der Waals surface area (Å²) >= 11 is -3.09. The van der Waals surface area contributed by atoms with Crippen molar-refractivity contribution in [3.05, 3.63) is 96.0 Å². The lowest BCUT2D eigenvalue weighted by molar-refractivity contribution is -0.0435. The summed E-state index contributed by atoms with van der Waals surface area (Å²) in [5.74, 6) is 0.230. The van der Waals surface area contributed by atoms with E-state index < -0.39 is 28.4 Å². The first kappa shape index (κ1) is 31.6. The Hall–Kier alpha value is -4.36. The van der Waals surface area contributed by atoms with Crippen LogP contribution in [0.1, 0.15) is 49.9 Å². The van der Waals surface area contributed by atoms with Crippen LogP contribution in [-0.4, -0.2) is 41.7 Å².